The summed E-state index contributed by atoms with van der Waals surface area (Å²) in [7, 11) is 1.82. The van der Waals surface area contributed by atoms with E-state index in [-0.39, 0.29) is 5.56 Å². The van der Waals surface area contributed by atoms with Crippen LogP contribution in [0.3, 0.4) is 0 Å². The molecule has 0 bridgehead atoms. The van der Waals surface area contributed by atoms with Crippen LogP contribution in [0.4, 0.5) is 5.82 Å². The number of aromatic carboxylic acids is 1. The first-order chi connectivity index (χ1) is 8.97. The number of halogens is 1. The van der Waals surface area contributed by atoms with Gasteiger partial charge in [-0.2, -0.15) is 0 Å². The van der Waals surface area contributed by atoms with Crippen molar-refractivity contribution in [2.45, 2.75) is 13.5 Å². The molecule has 0 unspecified atom stereocenters. The molecule has 0 saturated carbocycles. The quantitative estimate of drug-likeness (QED) is 0.939. The number of aromatic nitrogens is 1. The molecule has 0 atom stereocenters. The Morgan fingerprint density at radius 2 is 2.16 bits per heavy atom. The maximum absolute atomic E-state index is 11.2. The highest BCUT2D eigenvalue weighted by atomic mass is 35.5. The minimum atomic E-state index is -0.974. The van der Waals surface area contributed by atoms with Crippen LogP contribution in [-0.2, 0) is 6.54 Å². The summed E-state index contributed by atoms with van der Waals surface area (Å²) in [4.78, 5) is 18.4. The predicted molar refractivity (Wildman–Crippen MR) is 77.4 cm³/mol. The number of carboxylic acids is 1. The first-order valence-corrected chi connectivity index (χ1v) is 6.83. The smallest absolute Gasteiger partial charge is 0.339 e. The summed E-state index contributed by atoms with van der Waals surface area (Å²) in [6, 6.07) is 7.04. The van der Waals surface area contributed by atoms with Gasteiger partial charge in [0, 0.05) is 17.6 Å². The van der Waals surface area contributed by atoms with Gasteiger partial charge in [-0.05, 0) is 31.2 Å². The number of carbonyl (C=O) groups is 1. The van der Waals surface area contributed by atoms with Gasteiger partial charge < -0.3 is 10.0 Å². The molecule has 19 heavy (non-hydrogen) atoms. The van der Waals surface area contributed by atoms with Crippen LogP contribution in [0.2, 0.25) is 4.34 Å². The molecule has 2 heterocycles. The van der Waals surface area contributed by atoms with Gasteiger partial charge >= 0.3 is 5.97 Å². The first kappa shape index (κ1) is 13.8. The van der Waals surface area contributed by atoms with Gasteiger partial charge in [0.2, 0.25) is 0 Å². The van der Waals surface area contributed by atoms with Crippen molar-refractivity contribution in [2.75, 3.05) is 11.9 Å². The van der Waals surface area contributed by atoms with Crippen LogP contribution in [0.1, 0.15) is 20.9 Å². The van der Waals surface area contributed by atoms with Gasteiger partial charge in [-0.1, -0.05) is 11.6 Å². The molecular weight excluding hydrogens is 284 g/mol. The Hall–Kier alpha value is -1.59. The molecule has 100 valence electrons. The molecule has 0 aliphatic heterocycles. The number of hydrogen-bond acceptors (Lipinski definition) is 4. The van der Waals surface area contributed by atoms with E-state index in [1.165, 1.54) is 11.3 Å². The van der Waals surface area contributed by atoms with Crippen molar-refractivity contribution in [3.63, 3.8) is 0 Å². The SMILES string of the molecule is Cc1ccc(C(=O)O)c(N(C)Cc2ccc(Cl)s2)n1. The molecule has 4 nitrogen and oxygen atoms in total. The first-order valence-electron chi connectivity index (χ1n) is 5.63. The fourth-order valence-corrected chi connectivity index (χ4v) is 2.89. The Bertz CT molecular complexity index is 612. The lowest BCUT2D eigenvalue weighted by atomic mass is 10.2. The van der Waals surface area contributed by atoms with Crippen LogP contribution in [0.5, 0.6) is 0 Å². The van der Waals surface area contributed by atoms with Crippen LogP contribution in [-0.4, -0.2) is 23.1 Å². The van der Waals surface area contributed by atoms with Crippen LogP contribution in [0, 0.1) is 6.92 Å². The Kier molecular flexibility index (Phi) is 4.07. The van der Waals surface area contributed by atoms with Gasteiger partial charge in [0.25, 0.3) is 0 Å². The maximum atomic E-state index is 11.2. The number of nitrogens with zero attached hydrogens (tertiary/aromatic N) is 2. The monoisotopic (exact) mass is 296 g/mol. The average Bonchev–Trinajstić information content (AvgIpc) is 2.74. The lowest BCUT2D eigenvalue weighted by molar-refractivity contribution is 0.0697. The van der Waals surface area contributed by atoms with E-state index in [2.05, 4.69) is 4.98 Å². The predicted octanol–water partition coefficient (Wildman–Crippen LogP) is 3.44. The topological polar surface area (TPSA) is 53.4 Å². The zero-order valence-corrected chi connectivity index (χ0v) is 12.1. The summed E-state index contributed by atoms with van der Waals surface area (Å²) in [5, 5.41) is 9.19. The molecule has 0 spiro atoms. The van der Waals surface area contributed by atoms with E-state index in [1.54, 1.807) is 12.1 Å². The number of hydrogen-bond donors (Lipinski definition) is 1. The molecule has 0 aromatic carbocycles. The van der Waals surface area contributed by atoms with Gasteiger partial charge in [0.05, 0.1) is 10.9 Å². The Morgan fingerprint density at radius 1 is 1.42 bits per heavy atom. The number of anilines is 1. The second-order valence-corrected chi connectivity index (χ2v) is 5.99. The van der Waals surface area contributed by atoms with Gasteiger partial charge in [-0.3, -0.25) is 0 Å². The molecule has 0 fully saturated rings. The van der Waals surface area contributed by atoms with Gasteiger partial charge in [-0.15, -0.1) is 11.3 Å². The zero-order chi connectivity index (χ0) is 14.0. The highest BCUT2D eigenvalue weighted by Gasteiger charge is 2.16. The lowest BCUT2D eigenvalue weighted by Gasteiger charge is -2.19. The molecule has 6 heteroatoms. The highest BCUT2D eigenvalue weighted by molar-refractivity contribution is 7.16. The standard InChI is InChI=1S/C13H13ClN2O2S/c1-8-3-5-10(13(17)18)12(15-8)16(2)7-9-4-6-11(14)19-9/h3-6H,7H2,1-2H3,(H,17,18). The van der Waals surface area contributed by atoms with Gasteiger partial charge in [-0.25, -0.2) is 9.78 Å². The molecule has 0 aliphatic carbocycles. The number of aryl methyl sites for hydroxylation is 1. The number of carboxylic acid groups (broad SMARTS) is 1. The summed E-state index contributed by atoms with van der Waals surface area (Å²) in [6.07, 6.45) is 0. The Balaban J connectivity index is 2.29. The van der Waals surface area contributed by atoms with E-state index in [0.29, 0.717) is 12.4 Å². The minimum Gasteiger partial charge on any atom is -0.478 e. The normalized spacial score (nSPS) is 10.5. The van der Waals surface area contributed by atoms with E-state index >= 15 is 0 Å². The molecule has 0 aliphatic rings. The average molecular weight is 297 g/mol. The molecular formula is C13H13ClN2O2S. The van der Waals surface area contributed by atoms with Crippen LogP contribution < -0.4 is 4.90 Å². The number of rotatable bonds is 4. The van der Waals surface area contributed by atoms with E-state index in [9.17, 15) is 9.90 Å². The van der Waals surface area contributed by atoms with E-state index in [0.717, 1.165) is 14.9 Å². The summed E-state index contributed by atoms with van der Waals surface area (Å²) >= 11 is 7.36. The second kappa shape index (κ2) is 5.59. The van der Waals surface area contributed by atoms with Crippen LogP contribution in [0.15, 0.2) is 24.3 Å². The van der Waals surface area contributed by atoms with Crippen molar-refractivity contribution in [3.8, 4) is 0 Å². The third kappa shape index (κ3) is 3.24. The minimum absolute atomic E-state index is 0.204. The third-order valence-electron chi connectivity index (χ3n) is 2.63. The number of pyridine rings is 1. The maximum Gasteiger partial charge on any atom is 0.339 e. The lowest BCUT2D eigenvalue weighted by Crippen LogP contribution is -2.20. The van der Waals surface area contributed by atoms with Crippen molar-refractivity contribution >= 4 is 34.7 Å². The zero-order valence-electron chi connectivity index (χ0n) is 10.6. The van der Waals surface area contributed by atoms with Crippen LogP contribution >= 0.6 is 22.9 Å². The molecule has 2 rings (SSSR count). The summed E-state index contributed by atoms with van der Waals surface area (Å²) in [5.74, 6) is -0.504. The Labute approximate surface area is 120 Å². The third-order valence-corrected chi connectivity index (χ3v) is 3.84. The fourth-order valence-electron chi connectivity index (χ4n) is 1.75. The Morgan fingerprint density at radius 3 is 2.74 bits per heavy atom. The summed E-state index contributed by atoms with van der Waals surface area (Å²) < 4.78 is 0.721. The van der Waals surface area contributed by atoms with Crippen molar-refractivity contribution in [3.05, 3.63) is 44.7 Å². The molecule has 2 aromatic heterocycles. The van der Waals surface area contributed by atoms with Crippen LogP contribution in [0.25, 0.3) is 0 Å². The van der Waals surface area contributed by atoms with Gasteiger partial charge in [0.1, 0.15) is 11.4 Å². The van der Waals surface area contributed by atoms with E-state index in [4.69, 9.17) is 11.6 Å². The summed E-state index contributed by atoms with van der Waals surface area (Å²) in [5.41, 5.74) is 0.992. The van der Waals surface area contributed by atoms with E-state index in [1.807, 2.05) is 31.0 Å². The van der Waals surface area contributed by atoms with Crippen molar-refractivity contribution in [1.29, 1.82) is 0 Å². The second-order valence-electron chi connectivity index (χ2n) is 4.19. The molecule has 2 aromatic rings. The van der Waals surface area contributed by atoms with E-state index < -0.39 is 5.97 Å². The van der Waals surface area contributed by atoms with Crippen molar-refractivity contribution < 1.29 is 9.90 Å². The van der Waals surface area contributed by atoms with Crippen molar-refractivity contribution in [1.82, 2.24) is 4.98 Å². The fraction of sp³-hybridized carbons (Fsp3) is 0.231. The largest absolute Gasteiger partial charge is 0.478 e. The molecule has 1 N–H and O–H groups in total. The number of thiophene rings is 1. The molecule has 0 radical (unpaired) electrons. The van der Waals surface area contributed by atoms with Gasteiger partial charge in [0.15, 0.2) is 0 Å². The highest BCUT2D eigenvalue weighted by Crippen LogP contribution is 2.25. The summed E-state index contributed by atoms with van der Waals surface area (Å²) in [6.45, 7) is 2.42. The molecule has 0 saturated heterocycles. The van der Waals surface area contributed by atoms with Crippen molar-refractivity contribution in [2.24, 2.45) is 0 Å². The molecule has 0 amide bonds.